The van der Waals surface area contributed by atoms with Crippen LogP contribution in [0.5, 0.6) is 0 Å². The Balaban J connectivity index is 3.01. The molecule has 2 N–H and O–H groups in total. The summed E-state index contributed by atoms with van der Waals surface area (Å²) in [5.41, 5.74) is 7.18. The minimum Gasteiger partial charge on any atom is -0.384 e. The van der Waals surface area contributed by atoms with Gasteiger partial charge in [-0.25, -0.2) is 4.98 Å². The van der Waals surface area contributed by atoms with E-state index in [4.69, 9.17) is 5.73 Å². The highest BCUT2D eigenvalue weighted by Gasteiger charge is 2.20. The monoisotopic (exact) mass is 277 g/mol. The van der Waals surface area contributed by atoms with E-state index in [1.54, 1.807) is 11.0 Å². The molecule has 0 aliphatic carbocycles. The van der Waals surface area contributed by atoms with Crippen LogP contribution in [-0.2, 0) is 5.41 Å². The number of hydrogen-bond acceptors (Lipinski definition) is 3. The van der Waals surface area contributed by atoms with E-state index in [1.165, 1.54) is 0 Å². The first-order valence-corrected chi connectivity index (χ1v) is 7.18. The van der Waals surface area contributed by atoms with Gasteiger partial charge in [-0.3, -0.25) is 4.79 Å². The van der Waals surface area contributed by atoms with Gasteiger partial charge in [0.15, 0.2) is 0 Å². The zero-order valence-electron chi connectivity index (χ0n) is 13.5. The van der Waals surface area contributed by atoms with E-state index in [0.717, 1.165) is 18.7 Å². The van der Waals surface area contributed by atoms with Crippen LogP contribution in [0.4, 0.5) is 5.82 Å². The van der Waals surface area contributed by atoms with Crippen LogP contribution in [0.3, 0.4) is 0 Å². The Morgan fingerprint density at radius 2 is 2.00 bits per heavy atom. The van der Waals surface area contributed by atoms with E-state index < -0.39 is 0 Å². The third-order valence-corrected chi connectivity index (χ3v) is 3.49. The van der Waals surface area contributed by atoms with Crippen molar-refractivity contribution in [3.63, 3.8) is 0 Å². The van der Waals surface area contributed by atoms with Gasteiger partial charge in [-0.15, -0.1) is 0 Å². The molecule has 0 aliphatic heterocycles. The Kier molecular flexibility index (Phi) is 5.15. The lowest BCUT2D eigenvalue weighted by Gasteiger charge is -2.23. The standard InChI is InChI=1S/C16H27N3O/c1-7-11(2)10-19(6)15(20)12-8-13(16(3,4)5)18-14(17)9-12/h8-9,11H,7,10H2,1-6H3,(H2,17,18). The maximum absolute atomic E-state index is 12.5. The highest BCUT2D eigenvalue weighted by atomic mass is 16.2. The van der Waals surface area contributed by atoms with Crippen molar-refractivity contribution in [2.45, 2.75) is 46.5 Å². The van der Waals surface area contributed by atoms with Crippen molar-refractivity contribution >= 4 is 11.7 Å². The molecule has 4 heteroatoms. The van der Waals surface area contributed by atoms with Crippen molar-refractivity contribution in [3.05, 3.63) is 23.4 Å². The summed E-state index contributed by atoms with van der Waals surface area (Å²) in [6, 6.07) is 3.51. The number of hydrogen-bond donors (Lipinski definition) is 1. The largest absolute Gasteiger partial charge is 0.384 e. The van der Waals surface area contributed by atoms with E-state index in [1.807, 2.05) is 13.1 Å². The maximum atomic E-state index is 12.5. The molecule has 0 aromatic carbocycles. The average Bonchev–Trinajstić information content (AvgIpc) is 2.35. The van der Waals surface area contributed by atoms with Gasteiger partial charge in [0, 0.05) is 30.3 Å². The first kappa shape index (κ1) is 16.5. The van der Waals surface area contributed by atoms with E-state index >= 15 is 0 Å². The zero-order valence-corrected chi connectivity index (χ0v) is 13.5. The van der Waals surface area contributed by atoms with Gasteiger partial charge in [-0.05, 0) is 18.1 Å². The topological polar surface area (TPSA) is 59.2 Å². The number of pyridine rings is 1. The van der Waals surface area contributed by atoms with Crippen LogP contribution < -0.4 is 5.73 Å². The summed E-state index contributed by atoms with van der Waals surface area (Å²) in [7, 11) is 1.84. The summed E-state index contributed by atoms with van der Waals surface area (Å²) in [6.07, 6.45) is 1.06. The number of aromatic nitrogens is 1. The second-order valence-electron chi connectivity index (χ2n) is 6.62. The Bertz CT molecular complexity index is 477. The average molecular weight is 277 g/mol. The molecule has 0 saturated heterocycles. The van der Waals surface area contributed by atoms with Crippen LogP contribution in [0, 0.1) is 5.92 Å². The molecule has 0 spiro atoms. The van der Waals surface area contributed by atoms with E-state index in [0.29, 0.717) is 17.3 Å². The molecular formula is C16H27N3O. The van der Waals surface area contributed by atoms with Crippen molar-refractivity contribution in [1.29, 1.82) is 0 Å². The molecule has 4 nitrogen and oxygen atoms in total. The fourth-order valence-corrected chi connectivity index (χ4v) is 1.96. The van der Waals surface area contributed by atoms with Crippen molar-refractivity contribution < 1.29 is 4.79 Å². The van der Waals surface area contributed by atoms with Crippen LogP contribution in [0.15, 0.2) is 12.1 Å². The second kappa shape index (κ2) is 6.25. The molecule has 112 valence electrons. The highest BCUT2D eigenvalue weighted by Crippen LogP contribution is 2.23. The third kappa shape index (κ3) is 4.22. The molecule has 1 unspecified atom stereocenters. The van der Waals surface area contributed by atoms with Gasteiger partial charge >= 0.3 is 0 Å². The molecule has 0 bridgehead atoms. The molecule has 1 rings (SSSR count). The van der Waals surface area contributed by atoms with E-state index in [2.05, 4.69) is 39.6 Å². The number of nitrogens with zero attached hydrogens (tertiary/aromatic N) is 2. The SMILES string of the molecule is CCC(C)CN(C)C(=O)c1cc(N)nc(C(C)(C)C)c1. The summed E-state index contributed by atoms with van der Waals surface area (Å²) >= 11 is 0. The van der Waals surface area contributed by atoms with Crippen LogP contribution in [0.25, 0.3) is 0 Å². The lowest BCUT2D eigenvalue weighted by atomic mass is 9.90. The number of nitrogen functional groups attached to an aromatic ring is 1. The lowest BCUT2D eigenvalue weighted by molar-refractivity contribution is 0.0774. The Morgan fingerprint density at radius 1 is 1.40 bits per heavy atom. The number of nitrogens with two attached hydrogens (primary N) is 1. The minimum absolute atomic E-state index is 0.00454. The molecule has 1 aromatic heterocycles. The number of anilines is 1. The smallest absolute Gasteiger partial charge is 0.253 e. The van der Waals surface area contributed by atoms with Crippen LogP contribution in [-0.4, -0.2) is 29.4 Å². The zero-order chi connectivity index (χ0) is 15.5. The summed E-state index contributed by atoms with van der Waals surface area (Å²) in [5.74, 6) is 0.896. The van der Waals surface area contributed by atoms with Gasteiger partial charge in [-0.2, -0.15) is 0 Å². The quantitative estimate of drug-likeness (QED) is 0.920. The fraction of sp³-hybridized carbons (Fsp3) is 0.625. The van der Waals surface area contributed by atoms with Gasteiger partial charge in [0.25, 0.3) is 5.91 Å². The molecule has 0 radical (unpaired) electrons. The van der Waals surface area contributed by atoms with Crippen molar-refractivity contribution in [3.8, 4) is 0 Å². The van der Waals surface area contributed by atoms with Crippen LogP contribution >= 0.6 is 0 Å². The van der Waals surface area contributed by atoms with Gasteiger partial charge in [0.1, 0.15) is 5.82 Å². The molecular weight excluding hydrogens is 250 g/mol. The Morgan fingerprint density at radius 3 is 2.50 bits per heavy atom. The summed E-state index contributed by atoms with van der Waals surface area (Å²) < 4.78 is 0. The van der Waals surface area contributed by atoms with Gasteiger partial charge in [-0.1, -0.05) is 41.0 Å². The highest BCUT2D eigenvalue weighted by molar-refractivity contribution is 5.94. The van der Waals surface area contributed by atoms with E-state index in [9.17, 15) is 4.79 Å². The van der Waals surface area contributed by atoms with Gasteiger partial charge < -0.3 is 10.6 Å². The van der Waals surface area contributed by atoms with Crippen molar-refractivity contribution in [2.75, 3.05) is 19.3 Å². The summed E-state index contributed by atoms with van der Waals surface area (Å²) in [4.78, 5) is 18.6. The normalized spacial score (nSPS) is 13.1. The number of rotatable bonds is 4. The maximum Gasteiger partial charge on any atom is 0.253 e. The van der Waals surface area contributed by atoms with Crippen LogP contribution in [0.2, 0.25) is 0 Å². The summed E-state index contributed by atoms with van der Waals surface area (Å²) in [5, 5.41) is 0. The molecule has 1 aromatic rings. The molecule has 1 atom stereocenters. The van der Waals surface area contributed by atoms with Crippen molar-refractivity contribution in [1.82, 2.24) is 9.88 Å². The third-order valence-electron chi connectivity index (χ3n) is 3.49. The molecule has 0 aliphatic rings. The molecule has 1 amide bonds. The molecule has 0 fully saturated rings. The first-order valence-electron chi connectivity index (χ1n) is 7.18. The van der Waals surface area contributed by atoms with E-state index in [-0.39, 0.29) is 11.3 Å². The minimum atomic E-state index is -0.125. The Hall–Kier alpha value is -1.58. The molecule has 0 saturated carbocycles. The predicted molar refractivity (Wildman–Crippen MR) is 83.8 cm³/mol. The number of carbonyl (C=O) groups is 1. The first-order chi connectivity index (χ1) is 9.15. The molecule has 20 heavy (non-hydrogen) atoms. The predicted octanol–water partition coefficient (Wildman–Crippen LogP) is 3.08. The van der Waals surface area contributed by atoms with Gasteiger partial charge in [0.2, 0.25) is 0 Å². The number of amides is 1. The fourth-order valence-electron chi connectivity index (χ4n) is 1.96. The summed E-state index contributed by atoms with van der Waals surface area (Å²) in [6.45, 7) is 11.2. The Labute approximate surface area is 122 Å². The molecule has 1 heterocycles. The van der Waals surface area contributed by atoms with Crippen LogP contribution in [0.1, 0.15) is 57.1 Å². The van der Waals surface area contributed by atoms with Gasteiger partial charge in [0.05, 0.1) is 0 Å². The van der Waals surface area contributed by atoms with Crippen molar-refractivity contribution in [2.24, 2.45) is 5.92 Å². The lowest BCUT2D eigenvalue weighted by Crippen LogP contribution is -2.31. The second-order valence-corrected chi connectivity index (χ2v) is 6.62. The number of carbonyl (C=O) groups excluding carboxylic acids is 1.